The third kappa shape index (κ3) is 6.94. The molecule has 0 aromatic rings. The summed E-state index contributed by atoms with van der Waals surface area (Å²) < 4.78 is 24.7. The summed E-state index contributed by atoms with van der Waals surface area (Å²) >= 11 is 0. The van der Waals surface area contributed by atoms with Crippen LogP contribution in [0.15, 0.2) is 0 Å². The number of phosphoric ester groups is 1. The second kappa shape index (κ2) is 11.8. The first-order chi connectivity index (χ1) is 14.3. The number of hydrogen-bond acceptors (Lipinski definition) is 8. The normalized spacial score (nSPS) is 24.9. The van der Waals surface area contributed by atoms with Crippen LogP contribution >= 0.6 is 7.82 Å². The average molecular weight is 448 g/mol. The van der Waals surface area contributed by atoms with Crippen LogP contribution in [0.25, 0.3) is 0 Å². The molecule has 0 aliphatic carbocycles. The van der Waals surface area contributed by atoms with Crippen LogP contribution in [0, 0.1) is 0 Å². The van der Waals surface area contributed by atoms with Crippen LogP contribution in [-0.2, 0) is 27.7 Å². The molecular weight excluding hydrogens is 411 g/mol. The minimum atomic E-state index is -3.65. The fourth-order valence-electron chi connectivity index (χ4n) is 3.76. The van der Waals surface area contributed by atoms with Gasteiger partial charge in [-0.05, 0) is 6.42 Å². The SMILES string of the molecule is CCCCCCCCCCCCCCCCCC(=O)C(O)(O)C(=O)C12OP(=O)(O1)O2. The van der Waals surface area contributed by atoms with Gasteiger partial charge in [-0.15, -0.1) is 0 Å². The molecule has 9 heteroatoms. The van der Waals surface area contributed by atoms with Crippen LogP contribution in [0.3, 0.4) is 0 Å². The molecule has 3 saturated heterocycles. The fourth-order valence-corrected chi connectivity index (χ4v) is 4.93. The number of carbonyl (C=O) groups is 2. The van der Waals surface area contributed by atoms with Crippen LogP contribution in [-0.4, -0.2) is 33.5 Å². The molecule has 3 aliphatic heterocycles. The molecule has 8 nitrogen and oxygen atoms in total. The molecule has 3 fully saturated rings. The third-order valence-corrected chi connectivity index (χ3v) is 7.08. The number of unbranched alkanes of at least 4 members (excludes halogenated alkanes) is 14. The van der Waals surface area contributed by atoms with Gasteiger partial charge in [0.1, 0.15) is 0 Å². The van der Waals surface area contributed by atoms with Crippen molar-refractivity contribution in [3.63, 3.8) is 0 Å². The zero-order chi connectivity index (χ0) is 22.1. The quantitative estimate of drug-likeness (QED) is 0.124. The molecule has 2 N–H and O–H groups in total. The Morgan fingerprint density at radius 1 is 0.733 bits per heavy atom. The summed E-state index contributed by atoms with van der Waals surface area (Å²) in [5.74, 6) is -8.18. The molecule has 2 bridgehead atoms. The monoisotopic (exact) mass is 448 g/mol. The van der Waals surface area contributed by atoms with Gasteiger partial charge in [-0.2, -0.15) is 0 Å². The molecule has 0 atom stereocenters. The number of aliphatic hydroxyl groups is 2. The van der Waals surface area contributed by atoms with Gasteiger partial charge >= 0.3 is 13.8 Å². The Kier molecular flexibility index (Phi) is 10.1. The van der Waals surface area contributed by atoms with Gasteiger partial charge in [0.25, 0.3) is 11.6 Å². The fraction of sp³-hybridized carbons (Fsp3) is 0.905. The molecule has 0 unspecified atom stereocenters. The molecule has 174 valence electrons. The maximum absolute atomic E-state index is 12.0. The number of hydrogen-bond donors (Lipinski definition) is 2. The lowest BCUT2D eigenvalue weighted by atomic mass is 9.99. The lowest BCUT2D eigenvalue weighted by molar-refractivity contribution is -0.405. The Bertz CT molecular complexity index is 592. The minimum absolute atomic E-state index is 0.148. The summed E-state index contributed by atoms with van der Waals surface area (Å²) in [5.41, 5.74) is 0. The first kappa shape index (κ1) is 25.6. The van der Waals surface area contributed by atoms with E-state index in [0.29, 0.717) is 6.42 Å². The van der Waals surface area contributed by atoms with E-state index in [4.69, 9.17) is 0 Å². The Labute approximate surface area is 179 Å². The lowest BCUT2D eigenvalue weighted by Crippen LogP contribution is -2.69. The molecule has 0 radical (unpaired) electrons. The second-order valence-electron chi connectivity index (χ2n) is 8.40. The van der Waals surface area contributed by atoms with Crippen molar-refractivity contribution in [2.75, 3.05) is 0 Å². The highest BCUT2D eigenvalue weighted by molar-refractivity contribution is 7.52. The number of rotatable bonds is 19. The summed E-state index contributed by atoms with van der Waals surface area (Å²) in [7, 11) is -3.65. The number of carbonyl (C=O) groups excluding carboxylic acids is 2. The Morgan fingerprint density at radius 2 is 1.10 bits per heavy atom. The van der Waals surface area contributed by atoms with Crippen LogP contribution in [0.1, 0.15) is 110 Å². The predicted molar refractivity (Wildman–Crippen MR) is 110 cm³/mol. The molecule has 3 heterocycles. The van der Waals surface area contributed by atoms with Crippen LogP contribution < -0.4 is 0 Å². The highest BCUT2D eigenvalue weighted by Crippen LogP contribution is 2.80. The van der Waals surface area contributed by atoms with Crippen molar-refractivity contribution < 1.29 is 37.9 Å². The summed E-state index contributed by atoms with van der Waals surface area (Å²) in [6, 6.07) is 0. The molecule has 3 aliphatic rings. The standard InChI is InChI=1S/C21H37O8P/c1-2-3-4-5-6-7-8-9-10-11-12-13-14-15-16-17-18(22)20(24,25)19(23)21-27-30(26,28-21)29-21/h24-25H,2-17H2,1H3. The van der Waals surface area contributed by atoms with Crippen molar-refractivity contribution in [1.29, 1.82) is 0 Å². The molecular formula is C21H37O8P. The van der Waals surface area contributed by atoms with Gasteiger partial charge in [0.2, 0.25) is 0 Å². The zero-order valence-corrected chi connectivity index (χ0v) is 19.0. The maximum Gasteiger partial charge on any atom is 0.489 e. The predicted octanol–water partition coefficient (Wildman–Crippen LogP) is 4.91. The van der Waals surface area contributed by atoms with Crippen molar-refractivity contribution in [3.8, 4) is 0 Å². The molecule has 30 heavy (non-hydrogen) atoms. The van der Waals surface area contributed by atoms with E-state index in [0.717, 1.165) is 19.3 Å². The van der Waals surface area contributed by atoms with E-state index in [2.05, 4.69) is 20.5 Å². The van der Waals surface area contributed by atoms with Crippen molar-refractivity contribution >= 4 is 19.4 Å². The van der Waals surface area contributed by atoms with Crippen LogP contribution in [0.4, 0.5) is 0 Å². The van der Waals surface area contributed by atoms with E-state index in [1.807, 2.05) is 0 Å². The van der Waals surface area contributed by atoms with Crippen LogP contribution in [0.2, 0.25) is 0 Å². The van der Waals surface area contributed by atoms with Gasteiger partial charge in [-0.3, -0.25) is 9.59 Å². The van der Waals surface area contributed by atoms with Crippen LogP contribution in [0.5, 0.6) is 0 Å². The van der Waals surface area contributed by atoms with Crippen molar-refractivity contribution in [1.82, 2.24) is 0 Å². The maximum atomic E-state index is 12.0. The van der Waals surface area contributed by atoms with Crippen molar-refractivity contribution in [2.45, 2.75) is 121 Å². The Hall–Kier alpha value is -0.630. The minimum Gasteiger partial charge on any atom is -0.354 e. The summed E-state index contributed by atoms with van der Waals surface area (Å²) in [6.45, 7) is 2.24. The smallest absolute Gasteiger partial charge is 0.354 e. The lowest BCUT2D eigenvalue weighted by Gasteiger charge is -2.54. The molecule has 0 saturated carbocycles. The molecule has 3 rings (SSSR count). The van der Waals surface area contributed by atoms with E-state index >= 15 is 0 Å². The topological polar surface area (TPSA) is 119 Å². The Morgan fingerprint density at radius 3 is 1.47 bits per heavy atom. The number of Topliss-reactive ketones (excluding diaryl/α,β-unsaturated/α-hetero) is 2. The number of phosphoric acid groups is 1. The van der Waals surface area contributed by atoms with Crippen molar-refractivity contribution in [2.24, 2.45) is 0 Å². The largest absolute Gasteiger partial charge is 0.489 e. The average Bonchev–Trinajstić information content (AvgIpc) is 2.66. The summed E-state index contributed by atoms with van der Waals surface area (Å²) in [4.78, 5) is 23.9. The number of ketones is 2. The van der Waals surface area contributed by atoms with E-state index in [1.54, 1.807) is 0 Å². The molecule has 0 spiro atoms. The van der Waals surface area contributed by atoms with Gasteiger partial charge in [-0.1, -0.05) is 96.8 Å². The van der Waals surface area contributed by atoms with Gasteiger partial charge in [0.15, 0.2) is 5.78 Å². The van der Waals surface area contributed by atoms with E-state index in [9.17, 15) is 24.4 Å². The Balaban J connectivity index is 1.40. The third-order valence-electron chi connectivity index (χ3n) is 5.69. The molecule has 0 amide bonds. The zero-order valence-electron chi connectivity index (χ0n) is 18.1. The highest BCUT2D eigenvalue weighted by atomic mass is 31.2. The molecule has 0 aromatic carbocycles. The van der Waals surface area contributed by atoms with E-state index in [1.165, 1.54) is 70.6 Å². The van der Waals surface area contributed by atoms with Gasteiger partial charge < -0.3 is 10.2 Å². The molecule has 0 aromatic heterocycles. The van der Waals surface area contributed by atoms with Crippen molar-refractivity contribution in [3.05, 3.63) is 0 Å². The van der Waals surface area contributed by atoms with Gasteiger partial charge in [-0.25, -0.2) is 18.1 Å². The van der Waals surface area contributed by atoms with Gasteiger partial charge in [0, 0.05) is 6.42 Å². The van der Waals surface area contributed by atoms with E-state index in [-0.39, 0.29) is 6.42 Å². The first-order valence-electron chi connectivity index (χ1n) is 11.5. The summed E-state index contributed by atoms with van der Waals surface area (Å²) in [6.07, 6.45) is 17.5. The highest BCUT2D eigenvalue weighted by Gasteiger charge is 2.82. The van der Waals surface area contributed by atoms with Gasteiger partial charge in [0.05, 0.1) is 0 Å². The summed E-state index contributed by atoms with van der Waals surface area (Å²) in [5, 5.41) is 19.6. The first-order valence-corrected chi connectivity index (χ1v) is 13.0. The second-order valence-corrected chi connectivity index (χ2v) is 9.84. The van der Waals surface area contributed by atoms with E-state index < -0.39 is 31.1 Å².